The number of amides is 1. The fourth-order valence-electron chi connectivity index (χ4n) is 4.58. The van der Waals surface area contributed by atoms with E-state index in [0.29, 0.717) is 23.7 Å². The van der Waals surface area contributed by atoms with E-state index in [4.69, 9.17) is 0 Å². The van der Waals surface area contributed by atoms with Crippen LogP contribution in [0.1, 0.15) is 54.9 Å². The molecule has 31 heavy (non-hydrogen) atoms. The number of ketones is 1. The summed E-state index contributed by atoms with van der Waals surface area (Å²) in [7, 11) is 0. The van der Waals surface area contributed by atoms with Crippen molar-refractivity contribution in [2.75, 3.05) is 25.0 Å². The number of fused-ring (bicyclic) bond motifs is 1. The van der Waals surface area contributed by atoms with Crippen LogP contribution in [-0.4, -0.2) is 41.2 Å². The molecule has 2 fully saturated rings. The molecular formula is C26H31N3O2. The maximum Gasteiger partial charge on any atom is 0.238 e. The predicted octanol–water partition coefficient (Wildman–Crippen LogP) is 5.17. The van der Waals surface area contributed by atoms with Gasteiger partial charge < -0.3 is 10.3 Å². The molecule has 5 rings (SSSR count). The molecule has 162 valence electrons. The van der Waals surface area contributed by atoms with E-state index in [9.17, 15) is 9.59 Å². The number of H-pyrrole nitrogens is 1. The number of nitrogens with zero attached hydrogens (tertiary/aromatic N) is 1. The number of hydrogen-bond acceptors (Lipinski definition) is 3. The molecule has 0 unspecified atom stereocenters. The number of nitrogens with one attached hydrogen (secondary N) is 2. The summed E-state index contributed by atoms with van der Waals surface area (Å²) in [6.07, 6.45) is 7.75. The van der Waals surface area contributed by atoms with Crippen molar-refractivity contribution in [1.82, 2.24) is 9.88 Å². The van der Waals surface area contributed by atoms with Crippen LogP contribution in [0.4, 0.5) is 5.69 Å². The highest BCUT2D eigenvalue weighted by molar-refractivity contribution is 6.12. The van der Waals surface area contributed by atoms with Crippen LogP contribution in [0.5, 0.6) is 0 Å². The zero-order valence-corrected chi connectivity index (χ0v) is 17.1. The molecule has 2 heterocycles. The van der Waals surface area contributed by atoms with Gasteiger partial charge in [-0.2, -0.15) is 0 Å². The van der Waals surface area contributed by atoms with Crippen LogP contribution >= 0.6 is 0 Å². The second-order valence-electron chi connectivity index (χ2n) is 8.59. The first kappa shape index (κ1) is 21.3. The number of benzene rings is 1. The normalized spacial score (nSPS) is 17.3. The first-order valence-corrected chi connectivity index (χ1v) is 10.9. The standard InChI is InChI=1S/C25H27N3O2.CH4/c29-23(16-28-12-9-18(10-13-28)17-4-2-1-3-5-17)27-24-21(25(30)19-6-7-19)14-20-8-11-26-15-22(20)24;/h1-5,8,11,14-15,18-19,26H,6-7,9-10,12-13,16H2,(H,27,29);1H4. The van der Waals surface area contributed by atoms with E-state index >= 15 is 0 Å². The lowest BCUT2D eigenvalue weighted by Crippen LogP contribution is -2.38. The van der Waals surface area contributed by atoms with Crippen LogP contribution in [0, 0.1) is 5.92 Å². The third-order valence-corrected chi connectivity index (χ3v) is 6.44. The fraction of sp³-hybridized carbons (Fsp3) is 0.385. The monoisotopic (exact) mass is 417 g/mol. The molecule has 0 bridgehead atoms. The molecule has 0 aromatic heterocycles. The summed E-state index contributed by atoms with van der Waals surface area (Å²) in [5.74, 6) is 0.806. The number of carbonyl (C=O) groups is 2. The Labute approximate surface area is 184 Å². The molecule has 0 atom stereocenters. The molecule has 2 aliphatic heterocycles. The minimum absolute atomic E-state index is 0. The lowest BCUT2D eigenvalue weighted by Gasteiger charge is -2.31. The molecule has 0 spiro atoms. The molecule has 2 aliphatic carbocycles. The second-order valence-corrected chi connectivity index (χ2v) is 8.59. The lowest BCUT2D eigenvalue weighted by molar-refractivity contribution is -0.117. The number of pyridine rings is 1. The minimum Gasteiger partial charge on any atom is -0.367 e. The summed E-state index contributed by atoms with van der Waals surface area (Å²) in [5.41, 5.74) is 4.60. The van der Waals surface area contributed by atoms with Gasteiger partial charge >= 0.3 is 0 Å². The van der Waals surface area contributed by atoms with E-state index in [-0.39, 0.29) is 25.0 Å². The van der Waals surface area contributed by atoms with Gasteiger partial charge in [-0.3, -0.25) is 14.5 Å². The van der Waals surface area contributed by atoms with Gasteiger partial charge in [-0.05, 0) is 68.0 Å². The molecule has 4 aliphatic rings. The SMILES string of the molecule is C.O=C(CN1CCC(c2ccccc2)CC1)Nc1c(C(=O)C2CC2)cc2cc[nH]cc1-2. The summed E-state index contributed by atoms with van der Waals surface area (Å²) in [6, 6.07) is 14.5. The molecular weight excluding hydrogens is 386 g/mol. The van der Waals surface area contributed by atoms with Gasteiger partial charge in [0.25, 0.3) is 0 Å². The van der Waals surface area contributed by atoms with E-state index in [1.807, 2.05) is 24.5 Å². The number of anilines is 1. The average molecular weight is 418 g/mol. The van der Waals surface area contributed by atoms with E-state index in [1.165, 1.54) is 5.56 Å². The van der Waals surface area contributed by atoms with Gasteiger partial charge in [-0.25, -0.2) is 0 Å². The Morgan fingerprint density at radius 2 is 1.77 bits per heavy atom. The fourth-order valence-corrected chi connectivity index (χ4v) is 4.58. The predicted molar refractivity (Wildman–Crippen MR) is 125 cm³/mol. The molecule has 1 saturated heterocycles. The zero-order chi connectivity index (χ0) is 20.5. The first-order valence-electron chi connectivity index (χ1n) is 10.9. The van der Waals surface area contributed by atoms with Gasteiger partial charge in [0, 0.05) is 29.4 Å². The summed E-state index contributed by atoms with van der Waals surface area (Å²) < 4.78 is 0. The Bertz CT molecular complexity index is 1010. The van der Waals surface area contributed by atoms with Crippen LogP contribution in [-0.2, 0) is 4.79 Å². The second kappa shape index (κ2) is 9.06. The Hall–Kier alpha value is -2.92. The lowest BCUT2D eigenvalue weighted by atomic mass is 9.89. The topological polar surface area (TPSA) is 65.2 Å². The Kier molecular flexibility index (Phi) is 6.23. The Morgan fingerprint density at radius 1 is 1.03 bits per heavy atom. The highest BCUT2D eigenvalue weighted by atomic mass is 16.2. The van der Waals surface area contributed by atoms with Gasteiger partial charge in [0.05, 0.1) is 12.2 Å². The number of rotatable bonds is 6. The van der Waals surface area contributed by atoms with Crippen molar-refractivity contribution < 1.29 is 9.59 Å². The first-order chi connectivity index (χ1) is 14.7. The van der Waals surface area contributed by atoms with Gasteiger partial charge in [-0.1, -0.05) is 37.8 Å². The molecule has 1 aromatic carbocycles. The molecule has 5 nitrogen and oxygen atoms in total. The third kappa shape index (κ3) is 4.57. The van der Waals surface area contributed by atoms with Crippen molar-refractivity contribution in [1.29, 1.82) is 0 Å². The quantitative estimate of drug-likeness (QED) is 0.544. The van der Waals surface area contributed by atoms with Crippen molar-refractivity contribution in [3.05, 3.63) is 66.0 Å². The van der Waals surface area contributed by atoms with Crippen molar-refractivity contribution in [2.45, 2.75) is 39.0 Å². The van der Waals surface area contributed by atoms with Gasteiger partial charge in [-0.15, -0.1) is 0 Å². The van der Waals surface area contributed by atoms with Crippen molar-refractivity contribution >= 4 is 17.4 Å². The average Bonchev–Trinajstić information content (AvgIpc) is 3.57. The third-order valence-electron chi connectivity index (χ3n) is 6.44. The van der Waals surface area contributed by atoms with Crippen LogP contribution in [0.15, 0.2) is 54.9 Å². The maximum absolute atomic E-state index is 12.9. The number of hydrogen-bond donors (Lipinski definition) is 2. The van der Waals surface area contributed by atoms with Crippen LogP contribution in [0.25, 0.3) is 11.1 Å². The van der Waals surface area contributed by atoms with Gasteiger partial charge in [0.1, 0.15) is 0 Å². The van der Waals surface area contributed by atoms with Crippen molar-refractivity contribution in [3.8, 4) is 11.1 Å². The van der Waals surface area contributed by atoms with E-state index in [2.05, 4.69) is 45.5 Å². The number of aromatic amines is 1. The minimum atomic E-state index is -0.0469. The molecule has 0 radical (unpaired) electrons. The molecule has 1 aromatic rings. The number of aromatic nitrogens is 1. The number of piperidine rings is 1. The summed E-state index contributed by atoms with van der Waals surface area (Å²) in [6.45, 7) is 2.19. The smallest absolute Gasteiger partial charge is 0.238 e. The largest absolute Gasteiger partial charge is 0.367 e. The maximum atomic E-state index is 12.9. The van der Waals surface area contributed by atoms with Crippen LogP contribution in [0.2, 0.25) is 0 Å². The number of Topliss-reactive ketones (excluding diaryl/α,β-unsaturated/α-hetero) is 1. The summed E-state index contributed by atoms with van der Waals surface area (Å²) >= 11 is 0. The van der Waals surface area contributed by atoms with Crippen molar-refractivity contribution in [2.24, 2.45) is 5.92 Å². The molecule has 2 N–H and O–H groups in total. The Morgan fingerprint density at radius 3 is 2.48 bits per heavy atom. The Balaban J connectivity index is 0.00000231. The van der Waals surface area contributed by atoms with Crippen LogP contribution < -0.4 is 5.32 Å². The van der Waals surface area contributed by atoms with E-state index in [0.717, 1.165) is 49.9 Å². The van der Waals surface area contributed by atoms with E-state index in [1.54, 1.807) is 0 Å². The van der Waals surface area contributed by atoms with Gasteiger partial charge in [0.15, 0.2) is 5.78 Å². The molecule has 1 saturated carbocycles. The van der Waals surface area contributed by atoms with Crippen molar-refractivity contribution in [3.63, 3.8) is 0 Å². The summed E-state index contributed by atoms with van der Waals surface area (Å²) in [4.78, 5) is 30.9. The zero-order valence-electron chi connectivity index (χ0n) is 17.1. The highest BCUT2D eigenvalue weighted by Gasteiger charge is 2.34. The number of carbonyl (C=O) groups excluding carboxylic acids is 2. The molecule has 5 heteroatoms. The highest BCUT2D eigenvalue weighted by Crippen LogP contribution is 2.41. The summed E-state index contributed by atoms with van der Waals surface area (Å²) in [5, 5.41) is 3.07. The van der Waals surface area contributed by atoms with Crippen LogP contribution in [0.3, 0.4) is 0 Å². The van der Waals surface area contributed by atoms with E-state index < -0.39 is 0 Å². The van der Waals surface area contributed by atoms with Gasteiger partial charge in [0.2, 0.25) is 5.91 Å². The molecule has 1 amide bonds. The number of likely N-dealkylation sites (tertiary alicyclic amines) is 1.